The van der Waals surface area contributed by atoms with E-state index in [1.165, 1.54) is 6.07 Å². The molecule has 0 spiro atoms. The summed E-state index contributed by atoms with van der Waals surface area (Å²) in [5, 5.41) is 21.2. The second kappa shape index (κ2) is 5.54. The van der Waals surface area contributed by atoms with Gasteiger partial charge in [-0.1, -0.05) is 18.5 Å². The van der Waals surface area contributed by atoms with E-state index in [4.69, 9.17) is 16.9 Å². The van der Waals surface area contributed by atoms with Gasteiger partial charge in [0.2, 0.25) is 0 Å². The smallest absolute Gasteiger partial charge is 0.132 e. The lowest BCUT2D eigenvalue weighted by molar-refractivity contribution is 0.183. The Morgan fingerprint density at radius 1 is 1.67 bits per heavy atom. The zero-order chi connectivity index (χ0) is 11.3. The van der Waals surface area contributed by atoms with Crippen molar-refractivity contribution >= 4 is 17.4 Å². The molecule has 1 heterocycles. The average Bonchev–Trinajstić information content (AvgIpc) is 2.25. The van der Waals surface area contributed by atoms with Gasteiger partial charge in [-0.2, -0.15) is 5.26 Å². The molecule has 0 aromatic carbocycles. The van der Waals surface area contributed by atoms with Crippen molar-refractivity contribution in [1.29, 1.82) is 5.26 Å². The monoisotopic (exact) mass is 225 g/mol. The van der Waals surface area contributed by atoms with Crippen LogP contribution in [0.25, 0.3) is 0 Å². The van der Waals surface area contributed by atoms with Crippen molar-refractivity contribution in [1.82, 2.24) is 4.98 Å². The third-order valence-corrected chi connectivity index (χ3v) is 2.11. The fraction of sp³-hybridized carbons (Fsp3) is 0.400. The molecule has 0 saturated carbocycles. The highest BCUT2D eigenvalue weighted by Gasteiger charge is 2.03. The lowest BCUT2D eigenvalue weighted by Crippen LogP contribution is -2.18. The molecule has 1 aromatic heterocycles. The summed E-state index contributed by atoms with van der Waals surface area (Å²) in [7, 11) is 0. The summed E-state index contributed by atoms with van der Waals surface area (Å²) in [5.41, 5.74) is 0.448. The molecule has 1 aromatic rings. The Balaban J connectivity index is 2.69. The molecule has 0 aliphatic carbocycles. The molecule has 1 atom stereocenters. The molecule has 15 heavy (non-hydrogen) atoms. The Labute approximate surface area is 93.5 Å². The first-order valence-corrected chi connectivity index (χ1v) is 5.03. The van der Waals surface area contributed by atoms with E-state index in [1.807, 2.05) is 13.0 Å². The lowest BCUT2D eigenvalue weighted by Gasteiger charge is -2.10. The first-order valence-electron chi connectivity index (χ1n) is 4.65. The highest BCUT2D eigenvalue weighted by molar-refractivity contribution is 6.29. The maximum Gasteiger partial charge on any atom is 0.132 e. The molecule has 1 rings (SSSR count). The third-order valence-electron chi connectivity index (χ3n) is 1.91. The van der Waals surface area contributed by atoms with Gasteiger partial charge in [-0.05, 0) is 18.6 Å². The summed E-state index contributed by atoms with van der Waals surface area (Å²) in [6.45, 7) is 2.28. The van der Waals surface area contributed by atoms with Crippen LogP contribution in [0.2, 0.25) is 5.15 Å². The van der Waals surface area contributed by atoms with Crippen LogP contribution in [-0.2, 0) is 0 Å². The van der Waals surface area contributed by atoms with Crippen molar-refractivity contribution in [3.63, 3.8) is 0 Å². The molecular weight excluding hydrogens is 214 g/mol. The minimum Gasteiger partial charge on any atom is -0.391 e. The van der Waals surface area contributed by atoms with Crippen LogP contribution in [0.4, 0.5) is 5.82 Å². The largest absolute Gasteiger partial charge is 0.391 e. The molecule has 0 fully saturated rings. The predicted molar refractivity (Wildman–Crippen MR) is 58.7 cm³/mol. The summed E-state index contributed by atoms with van der Waals surface area (Å²) in [4.78, 5) is 3.98. The summed E-state index contributed by atoms with van der Waals surface area (Å²) < 4.78 is 0. The number of hydrogen-bond donors (Lipinski definition) is 2. The first kappa shape index (κ1) is 11.8. The topological polar surface area (TPSA) is 68.9 Å². The number of anilines is 1. The summed E-state index contributed by atoms with van der Waals surface area (Å²) in [5.74, 6) is 0.506. The van der Waals surface area contributed by atoms with Crippen molar-refractivity contribution in [2.45, 2.75) is 19.4 Å². The van der Waals surface area contributed by atoms with Crippen molar-refractivity contribution < 1.29 is 5.11 Å². The zero-order valence-electron chi connectivity index (χ0n) is 8.37. The summed E-state index contributed by atoms with van der Waals surface area (Å²) in [6.07, 6.45) is 0.245. The SMILES string of the molecule is CCC(O)CNc1cc(C#N)cc(Cl)n1. The molecular formula is C10H12ClN3O. The number of aliphatic hydroxyl groups is 1. The maximum atomic E-state index is 9.33. The van der Waals surface area contributed by atoms with Gasteiger partial charge in [-0.15, -0.1) is 0 Å². The van der Waals surface area contributed by atoms with E-state index in [2.05, 4.69) is 10.3 Å². The van der Waals surface area contributed by atoms with E-state index in [1.54, 1.807) is 6.07 Å². The molecule has 0 bridgehead atoms. The Morgan fingerprint density at radius 3 is 3.00 bits per heavy atom. The number of nitriles is 1. The van der Waals surface area contributed by atoms with Gasteiger partial charge >= 0.3 is 0 Å². The van der Waals surface area contributed by atoms with E-state index in [-0.39, 0.29) is 5.15 Å². The van der Waals surface area contributed by atoms with Crippen molar-refractivity contribution in [3.8, 4) is 6.07 Å². The average molecular weight is 226 g/mol. The fourth-order valence-electron chi connectivity index (χ4n) is 1.02. The molecule has 0 saturated heterocycles. The van der Waals surface area contributed by atoms with Gasteiger partial charge in [-0.25, -0.2) is 4.98 Å². The number of aromatic nitrogens is 1. The Hall–Kier alpha value is -1.31. The molecule has 5 heteroatoms. The minimum absolute atomic E-state index is 0.266. The molecule has 80 valence electrons. The molecule has 1 unspecified atom stereocenters. The van der Waals surface area contributed by atoms with Crippen LogP contribution in [0, 0.1) is 11.3 Å². The Morgan fingerprint density at radius 2 is 2.40 bits per heavy atom. The van der Waals surface area contributed by atoms with Gasteiger partial charge in [0.25, 0.3) is 0 Å². The third kappa shape index (κ3) is 3.74. The second-order valence-electron chi connectivity index (χ2n) is 3.12. The van der Waals surface area contributed by atoms with Crippen LogP contribution in [0.15, 0.2) is 12.1 Å². The van der Waals surface area contributed by atoms with Crippen LogP contribution in [0.1, 0.15) is 18.9 Å². The number of aliphatic hydroxyl groups excluding tert-OH is 1. The Kier molecular flexibility index (Phi) is 4.35. The first-order chi connectivity index (χ1) is 7.15. The molecule has 2 N–H and O–H groups in total. The van der Waals surface area contributed by atoms with Crippen molar-refractivity contribution in [2.75, 3.05) is 11.9 Å². The minimum atomic E-state index is -0.420. The standard InChI is InChI=1S/C10H12ClN3O/c1-2-8(15)6-13-10-4-7(5-12)3-9(11)14-10/h3-4,8,15H,2,6H2,1H3,(H,13,14). The molecule has 4 nitrogen and oxygen atoms in total. The predicted octanol–water partition coefficient (Wildman–Crippen LogP) is 1.79. The van der Waals surface area contributed by atoms with Gasteiger partial charge in [-0.3, -0.25) is 0 Å². The maximum absolute atomic E-state index is 9.33. The quantitative estimate of drug-likeness (QED) is 0.767. The number of rotatable bonds is 4. The number of pyridine rings is 1. The number of hydrogen-bond acceptors (Lipinski definition) is 4. The van der Waals surface area contributed by atoms with E-state index in [0.717, 1.165) is 0 Å². The van der Waals surface area contributed by atoms with Crippen LogP contribution in [0.3, 0.4) is 0 Å². The van der Waals surface area contributed by atoms with E-state index in [0.29, 0.717) is 24.3 Å². The normalized spacial score (nSPS) is 11.9. The highest BCUT2D eigenvalue weighted by atomic mass is 35.5. The van der Waals surface area contributed by atoms with E-state index in [9.17, 15) is 5.11 Å². The van der Waals surface area contributed by atoms with E-state index < -0.39 is 6.10 Å². The Bertz CT molecular complexity index is 375. The van der Waals surface area contributed by atoms with Crippen LogP contribution >= 0.6 is 11.6 Å². The van der Waals surface area contributed by atoms with Gasteiger partial charge in [0.15, 0.2) is 0 Å². The summed E-state index contributed by atoms with van der Waals surface area (Å²) >= 11 is 5.71. The number of halogens is 1. The summed E-state index contributed by atoms with van der Waals surface area (Å²) in [6, 6.07) is 5.06. The van der Waals surface area contributed by atoms with E-state index >= 15 is 0 Å². The van der Waals surface area contributed by atoms with Gasteiger partial charge in [0, 0.05) is 6.54 Å². The molecule has 0 radical (unpaired) electrons. The fourth-order valence-corrected chi connectivity index (χ4v) is 1.23. The second-order valence-corrected chi connectivity index (χ2v) is 3.51. The lowest BCUT2D eigenvalue weighted by atomic mass is 10.2. The van der Waals surface area contributed by atoms with Gasteiger partial charge in [0.05, 0.1) is 17.7 Å². The number of nitrogens with zero attached hydrogens (tertiary/aromatic N) is 2. The highest BCUT2D eigenvalue weighted by Crippen LogP contribution is 2.13. The molecule has 0 aliphatic heterocycles. The van der Waals surface area contributed by atoms with Gasteiger partial charge < -0.3 is 10.4 Å². The number of nitrogens with one attached hydrogen (secondary N) is 1. The van der Waals surface area contributed by atoms with Crippen molar-refractivity contribution in [2.24, 2.45) is 0 Å². The van der Waals surface area contributed by atoms with Crippen molar-refractivity contribution in [3.05, 3.63) is 22.8 Å². The zero-order valence-corrected chi connectivity index (χ0v) is 9.12. The van der Waals surface area contributed by atoms with Crippen LogP contribution < -0.4 is 5.32 Å². The van der Waals surface area contributed by atoms with Crippen LogP contribution in [-0.4, -0.2) is 22.7 Å². The molecule has 0 amide bonds. The van der Waals surface area contributed by atoms with Crippen LogP contribution in [0.5, 0.6) is 0 Å². The van der Waals surface area contributed by atoms with Gasteiger partial charge in [0.1, 0.15) is 11.0 Å². The molecule has 0 aliphatic rings.